The fourth-order valence-corrected chi connectivity index (χ4v) is 1.32. The maximum atomic E-state index is 11.7. The van der Waals surface area contributed by atoms with Gasteiger partial charge in [-0.25, -0.2) is 0 Å². The predicted octanol–water partition coefficient (Wildman–Crippen LogP) is 0.171. The molecule has 0 aliphatic rings. The second-order valence-electron chi connectivity index (χ2n) is 5.08. The van der Waals surface area contributed by atoms with Crippen molar-refractivity contribution in [2.45, 2.75) is 45.8 Å². The van der Waals surface area contributed by atoms with Crippen LogP contribution in [0, 0.1) is 0 Å². The SMILES string of the molecule is CC(NCCn1ccnn1)C(=O)NC(C)(C)C. The highest BCUT2D eigenvalue weighted by Gasteiger charge is 2.18. The fraction of sp³-hybridized carbons (Fsp3) is 0.727. The van der Waals surface area contributed by atoms with Crippen LogP contribution in [0.25, 0.3) is 0 Å². The first-order valence-corrected chi connectivity index (χ1v) is 5.78. The first kappa shape index (κ1) is 13.6. The summed E-state index contributed by atoms with van der Waals surface area (Å²) in [6.07, 6.45) is 3.43. The van der Waals surface area contributed by atoms with Crippen molar-refractivity contribution in [3.63, 3.8) is 0 Å². The minimum atomic E-state index is -0.210. The number of hydrogen-bond acceptors (Lipinski definition) is 4. The van der Waals surface area contributed by atoms with Gasteiger partial charge in [-0.15, -0.1) is 5.10 Å². The van der Waals surface area contributed by atoms with Crippen LogP contribution in [-0.4, -0.2) is 39.0 Å². The molecule has 0 aliphatic carbocycles. The number of rotatable bonds is 5. The standard InChI is InChI=1S/C11H21N5O/c1-9(10(17)14-11(2,3)4)12-5-7-16-8-6-13-15-16/h6,8-9,12H,5,7H2,1-4H3,(H,14,17). The van der Waals surface area contributed by atoms with Gasteiger partial charge >= 0.3 is 0 Å². The van der Waals surface area contributed by atoms with E-state index in [1.807, 2.05) is 27.7 Å². The number of aromatic nitrogens is 3. The second-order valence-corrected chi connectivity index (χ2v) is 5.08. The van der Waals surface area contributed by atoms with E-state index >= 15 is 0 Å². The molecule has 0 aliphatic heterocycles. The Labute approximate surface area is 102 Å². The Balaban J connectivity index is 2.25. The van der Waals surface area contributed by atoms with Crippen molar-refractivity contribution in [3.8, 4) is 0 Å². The number of carbonyl (C=O) groups is 1. The summed E-state index contributed by atoms with van der Waals surface area (Å²) in [7, 11) is 0. The van der Waals surface area contributed by atoms with E-state index in [2.05, 4.69) is 20.9 Å². The first-order valence-electron chi connectivity index (χ1n) is 5.78. The van der Waals surface area contributed by atoms with Crippen LogP contribution in [0.2, 0.25) is 0 Å². The van der Waals surface area contributed by atoms with Crippen LogP contribution in [0.15, 0.2) is 12.4 Å². The quantitative estimate of drug-likeness (QED) is 0.768. The Morgan fingerprint density at radius 2 is 2.18 bits per heavy atom. The van der Waals surface area contributed by atoms with E-state index in [1.54, 1.807) is 17.1 Å². The Bertz CT molecular complexity index is 341. The number of nitrogens with one attached hydrogen (secondary N) is 2. The summed E-state index contributed by atoms with van der Waals surface area (Å²) < 4.78 is 1.72. The molecule has 6 nitrogen and oxygen atoms in total. The monoisotopic (exact) mass is 239 g/mol. The van der Waals surface area contributed by atoms with Gasteiger partial charge in [0, 0.05) is 18.3 Å². The molecule has 1 unspecified atom stereocenters. The molecule has 0 aromatic carbocycles. The van der Waals surface area contributed by atoms with E-state index in [-0.39, 0.29) is 17.5 Å². The number of carbonyl (C=O) groups excluding carboxylic acids is 1. The first-order chi connectivity index (χ1) is 7.88. The maximum absolute atomic E-state index is 11.7. The lowest BCUT2D eigenvalue weighted by molar-refractivity contribution is -0.124. The van der Waals surface area contributed by atoms with Gasteiger partial charge in [0.05, 0.1) is 18.8 Å². The zero-order valence-corrected chi connectivity index (χ0v) is 10.9. The summed E-state index contributed by atoms with van der Waals surface area (Å²) >= 11 is 0. The lowest BCUT2D eigenvalue weighted by Crippen LogP contribution is -2.50. The fourth-order valence-electron chi connectivity index (χ4n) is 1.32. The summed E-state index contributed by atoms with van der Waals surface area (Å²) in [6, 6.07) is -0.210. The van der Waals surface area contributed by atoms with Gasteiger partial charge in [0.15, 0.2) is 0 Å². The summed E-state index contributed by atoms with van der Waals surface area (Å²) in [4.78, 5) is 11.7. The predicted molar refractivity (Wildman–Crippen MR) is 65.4 cm³/mol. The van der Waals surface area contributed by atoms with E-state index in [9.17, 15) is 4.79 Å². The van der Waals surface area contributed by atoms with Crippen molar-refractivity contribution in [2.24, 2.45) is 0 Å². The van der Waals surface area contributed by atoms with Gasteiger partial charge in [-0.3, -0.25) is 9.48 Å². The average Bonchev–Trinajstić information content (AvgIpc) is 2.67. The van der Waals surface area contributed by atoms with Gasteiger partial charge in [0.25, 0.3) is 0 Å². The highest BCUT2D eigenvalue weighted by molar-refractivity contribution is 5.81. The molecule has 1 atom stereocenters. The minimum absolute atomic E-state index is 0.0103. The van der Waals surface area contributed by atoms with Crippen molar-refractivity contribution < 1.29 is 4.79 Å². The van der Waals surface area contributed by atoms with Crippen LogP contribution in [0.1, 0.15) is 27.7 Å². The minimum Gasteiger partial charge on any atom is -0.350 e. The molecule has 1 aromatic heterocycles. The average molecular weight is 239 g/mol. The van der Waals surface area contributed by atoms with Crippen molar-refractivity contribution in [3.05, 3.63) is 12.4 Å². The molecule has 2 N–H and O–H groups in total. The van der Waals surface area contributed by atoms with Crippen LogP contribution in [0.4, 0.5) is 0 Å². The molecule has 1 rings (SSSR count). The zero-order valence-electron chi connectivity index (χ0n) is 10.9. The van der Waals surface area contributed by atoms with E-state index in [0.717, 1.165) is 0 Å². The Morgan fingerprint density at radius 1 is 1.47 bits per heavy atom. The largest absolute Gasteiger partial charge is 0.350 e. The van der Waals surface area contributed by atoms with Crippen LogP contribution < -0.4 is 10.6 Å². The lowest BCUT2D eigenvalue weighted by atomic mass is 10.1. The molecule has 1 heterocycles. The molecule has 1 amide bonds. The zero-order chi connectivity index (χ0) is 12.9. The molecule has 1 aromatic rings. The van der Waals surface area contributed by atoms with Gasteiger partial charge in [-0.05, 0) is 27.7 Å². The Morgan fingerprint density at radius 3 is 2.71 bits per heavy atom. The smallest absolute Gasteiger partial charge is 0.237 e. The topological polar surface area (TPSA) is 71.8 Å². The van der Waals surface area contributed by atoms with Crippen LogP contribution in [-0.2, 0) is 11.3 Å². The molecular weight excluding hydrogens is 218 g/mol. The number of hydrogen-bond donors (Lipinski definition) is 2. The maximum Gasteiger partial charge on any atom is 0.237 e. The van der Waals surface area contributed by atoms with Crippen molar-refractivity contribution in [2.75, 3.05) is 6.54 Å². The van der Waals surface area contributed by atoms with Crippen molar-refractivity contribution >= 4 is 5.91 Å². The molecular formula is C11H21N5O. The summed E-state index contributed by atoms with van der Waals surface area (Å²) in [5, 5.41) is 13.6. The van der Waals surface area contributed by atoms with E-state index in [4.69, 9.17) is 0 Å². The van der Waals surface area contributed by atoms with Gasteiger partial charge in [0.1, 0.15) is 0 Å². The van der Waals surface area contributed by atoms with E-state index < -0.39 is 0 Å². The molecule has 0 saturated carbocycles. The summed E-state index contributed by atoms with van der Waals surface area (Å²) in [5.41, 5.74) is -0.196. The lowest BCUT2D eigenvalue weighted by Gasteiger charge is -2.23. The Kier molecular flexibility index (Phi) is 4.62. The van der Waals surface area contributed by atoms with Gasteiger partial charge < -0.3 is 10.6 Å². The molecule has 0 fully saturated rings. The summed E-state index contributed by atoms with van der Waals surface area (Å²) in [6.45, 7) is 9.13. The molecule has 0 radical (unpaired) electrons. The molecule has 0 bridgehead atoms. The molecule has 0 spiro atoms. The second kappa shape index (κ2) is 5.77. The molecule has 6 heteroatoms. The normalized spacial score (nSPS) is 13.4. The summed E-state index contributed by atoms with van der Waals surface area (Å²) in [5.74, 6) is 0.0103. The van der Waals surface area contributed by atoms with Crippen LogP contribution in [0.3, 0.4) is 0 Å². The van der Waals surface area contributed by atoms with Crippen molar-refractivity contribution in [1.29, 1.82) is 0 Å². The van der Waals surface area contributed by atoms with Crippen molar-refractivity contribution in [1.82, 2.24) is 25.6 Å². The third-order valence-electron chi connectivity index (χ3n) is 2.15. The van der Waals surface area contributed by atoms with Gasteiger partial charge in [0.2, 0.25) is 5.91 Å². The van der Waals surface area contributed by atoms with E-state index in [0.29, 0.717) is 13.1 Å². The van der Waals surface area contributed by atoms with Crippen LogP contribution in [0.5, 0.6) is 0 Å². The number of amides is 1. The highest BCUT2D eigenvalue weighted by atomic mass is 16.2. The Hall–Kier alpha value is -1.43. The molecule has 17 heavy (non-hydrogen) atoms. The molecule has 96 valence electrons. The number of nitrogens with zero attached hydrogens (tertiary/aromatic N) is 3. The van der Waals surface area contributed by atoms with Gasteiger partial charge in [-0.2, -0.15) is 0 Å². The third kappa shape index (κ3) is 5.44. The molecule has 0 saturated heterocycles. The van der Waals surface area contributed by atoms with Crippen LogP contribution >= 0.6 is 0 Å². The van der Waals surface area contributed by atoms with Gasteiger partial charge in [-0.1, -0.05) is 5.21 Å². The highest BCUT2D eigenvalue weighted by Crippen LogP contribution is 1.99. The van der Waals surface area contributed by atoms with E-state index in [1.165, 1.54) is 0 Å². The third-order valence-corrected chi connectivity index (χ3v) is 2.15.